The molecule has 2 aromatic carbocycles. The maximum absolute atomic E-state index is 12.5. The number of halogens is 3. The molecule has 1 aliphatic heterocycles. The SMILES string of the molecule is FC(F)(F)c1ccc(C=NC2CCN(Cc3ccccc3)C2)cc1. The van der Waals surface area contributed by atoms with Crippen LogP contribution in [0.2, 0.25) is 0 Å². The van der Waals surface area contributed by atoms with Gasteiger partial charge in [-0.1, -0.05) is 42.5 Å². The van der Waals surface area contributed by atoms with Crippen molar-refractivity contribution in [2.75, 3.05) is 13.1 Å². The van der Waals surface area contributed by atoms with Crippen molar-refractivity contribution in [3.63, 3.8) is 0 Å². The van der Waals surface area contributed by atoms with Crippen molar-refractivity contribution in [1.29, 1.82) is 0 Å². The van der Waals surface area contributed by atoms with Gasteiger partial charge in [0, 0.05) is 25.8 Å². The van der Waals surface area contributed by atoms with E-state index in [9.17, 15) is 13.2 Å². The van der Waals surface area contributed by atoms with Gasteiger partial charge >= 0.3 is 6.18 Å². The zero-order valence-corrected chi connectivity index (χ0v) is 13.2. The maximum atomic E-state index is 12.5. The van der Waals surface area contributed by atoms with Crippen molar-refractivity contribution in [3.8, 4) is 0 Å². The fraction of sp³-hybridized carbons (Fsp3) is 0.316. The average Bonchev–Trinajstić information content (AvgIpc) is 3.01. The van der Waals surface area contributed by atoms with Crippen LogP contribution in [-0.2, 0) is 12.7 Å². The molecule has 126 valence electrons. The maximum Gasteiger partial charge on any atom is 0.416 e. The summed E-state index contributed by atoms with van der Waals surface area (Å²) in [6, 6.07) is 15.6. The zero-order valence-electron chi connectivity index (χ0n) is 13.2. The van der Waals surface area contributed by atoms with E-state index in [1.165, 1.54) is 17.7 Å². The van der Waals surface area contributed by atoms with Gasteiger partial charge in [0.2, 0.25) is 0 Å². The third kappa shape index (κ3) is 4.45. The number of aliphatic imine (C=N–C) groups is 1. The number of benzene rings is 2. The molecule has 0 N–H and O–H groups in total. The first-order valence-corrected chi connectivity index (χ1v) is 7.97. The average molecular weight is 332 g/mol. The van der Waals surface area contributed by atoms with Crippen molar-refractivity contribution in [1.82, 2.24) is 4.90 Å². The van der Waals surface area contributed by atoms with Crippen LogP contribution in [0.3, 0.4) is 0 Å². The van der Waals surface area contributed by atoms with Crippen LogP contribution >= 0.6 is 0 Å². The van der Waals surface area contributed by atoms with E-state index in [2.05, 4.69) is 22.0 Å². The van der Waals surface area contributed by atoms with E-state index in [1.807, 2.05) is 18.2 Å². The van der Waals surface area contributed by atoms with E-state index in [4.69, 9.17) is 0 Å². The number of hydrogen-bond donors (Lipinski definition) is 0. The molecule has 1 fully saturated rings. The second-order valence-electron chi connectivity index (χ2n) is 6.06. The van der Waals surface area contributed by atoms with Crippen LogP contribution in [0.1, 0.15) is 23.1 Å². The summed E-state index contributed by atoms with van der Waals surface area (Å²) in [5, 5.41) is 0. The second-order valence-corrected chi connectivity index (χ2v) is 6.06. The molecule has 0 aliphatic carbocycles. The quantitative estimate of drug-likeness (QED) is 0.758. The van der Waals surface area contributed by atoms with Crippen molar-refractivity contribution in [2.45, 2.75) is 25.2 Å². The number of alkyl halides is 3. The summed E-state index contributed by atoms with van der Waals surface area (Å²) in [4.78, 5) is 6.88. The Kier molecular flexibility index (Phi) is 5.00. The second kappa shape index (κ2) is 7.18. The lowest BCUT2D eigenvalue weighted by Gasteiger charge is -2.14. The lowest BCUT2D eigenvalue weighted by Crippen LogP contribution is -2.21. The van der Waals surface area contributed by atoms with Crippen LogP contribution in [0, 0.1) is 0 Å². The van der Waals surface area contributed by atoms with Crippen LogP contribution in [0.5, 0.6) is 0 Å². The molecule has 0 saturated carbocycles. The highest BCUT2D eigenvalue weighted by atomic mass is 19.4. The van der Waals surface area contributed by atoms with Gasteiger partial charge in [-0.3, -0.25) is 9.89 Å². The number of nitrogens with zero attached hydrogens (tertiary/aromatic N) is 2. The van der Waals surface area contributed by atoms with Crippen LogP contribution < -0.4 is 0 Å². The van der Waals surface area contributed by atoms with Gasteiger partial charge in [-0.05, 0) is 29.7 Å². The Morgan fingerprint density at radius 2 is 1.75 bits per heavy atom. The van der Waals surface area contributed by atoms with Crippen molar-refractivity contribution >= 4 is 6.21 Å². The zero-order chi connectivity index (χ0) is 17.0. The van der Waals surface area contributed by atoms with Crippen LogP contribution in [0.25, 0.3) is 0 Å². The third-order valence-corrected chi connectivity index (χ3v) is 4.17. The highest BCUT2D eigenvalue weighted by molar-refractivity contribution is 5.79. The molecule has 2 nitrogen and oxygen atoms in total. The smallest absolute Gasteiger partial charge is 0.297 e. The lowest BCUT2D eigenvalue weighted by atomic mass is 10.1. The summed E-state index contributed by atoms with van der Waals surface area (Å²) in [6.07, 6.45) is -1.64. The minimum atomic E-state index is -4.29. The topological polar surface area (TPSA) is 15.6 Å². The summed E-state index contributed by atoms with van der Waals surface area (Å²) < 4.78 is 37.6. The largest absolute Gasteiger partial charge is 0.416 e. The van der Waals surface area contributed by atoms with Gasteiger partial charge in [0.1, 0.15) is 0 Å². The molecule has 0 aromatic heterocycles. The van der Waals surface area contributed by atoms with Crippen LogP contribution in [-0.4, -0.2) is 30.2 Å². The molecule has 2 aromatic rings. The van der Waals surface area contributed by atoms with Gasteiger partial charge in [-0.15, -0.1) is 0 Å². The monoisotopic (exact) mass is 332 g/mol. The lowest BCUT2D eigenvalue weighted by molar-refractivity contribution is -0.137. The van der Waals surface area contributed by atoms with Gasteiger partial charge in [-0.2, -0.15) is 13.2 Å². The van der Waals surface area contributed by atoms with Gasteiger partial charge in [-0.25, -0.2) is 0 Å². The first kappa shape index (κ1) is 16.7. The summed E-state index contributed by atoms with van der Waals surface area (Å²) in [5.41, 5.74) is 1.35. The molecule has 1 unspecified atom stereocenters. The molecule has 1 aliphatic rings. The van der Waals surface area contributed by atoms with Crippen molar-refractivity contribution in [2.24, 2.45) is 4.99 Å². The van der Waals surface area contributed by atoms with Gasteiger partial charge in [0.15, 0.2) is 0 Å². The predicted molar refractivity (Wildman–Crippen MR) is 89.2 cm³/mol. The molecule has 0 bridgehead atoms. The van der Waals surface area contributed by atoms with E-state index >= 15 is 0 Å². The van der Waals surface area contributed by atoms with Crippen molar-refractivity contribution in [3.05, 3.63) is 71.3 Å². The predicted octanol–water partition coefficient (Wildman–Crippen LogP) is 4.40. The highest BCUT2D eigenvalue weighted by Gasteiger charge is 2.29. The Bertz CT molecular complexity index is 678. The van der Waals surface area contributed by atoms with Crippen LogP contribution in [0.4, 0.5) is 13.2 Å². The molecular formula is C19H19F3N2. The number of rotatable bonds is 4. The molecule has 1 heterocycles. The third-order valence-electron chi connectivity index (χ3n) is 4.17. The first-order chi connectivity index (χ1) is 11.5. The van der Waals surface area contributed by atoms with E-state index in [1.54, 1.807) is 6.21 Å². The van der Waals surface area contributed by atoms with E-state index < -0.39 is 11.7 Å². The molecule has 0 radical (unpaired) electrons. The van der Waals surface area contributed by atoms with E-state index in [0.29, 0.717) is 5.56 Å². The van der Waals surface area contributed by atoms with E-state index in [0.717, 1.165) is 38.2 Å². The minimum absolute atomic E-state index is 0.205. The van der Waals surface area contributed by atoms with Gasteiger partial charge in [0.25, 0.3) is 0 Å². The van der Waals surface area contributed by atoms with Gasteiger partial charge < -0.3 is 0 Å². The molecule has 1 atom stereocenters. The molecule has 1 saturated heterocycles. The Hall–Kier alpha value is -2.14. The summed E-state index contributed by atoms with van der Waals surface area (Å²) in [7, 11) is 0. The van der Waals surface area contributed by atoms with Crippen molar-refractivity contribution < 1.29 is 13.2 Å². The van der Waals surface area contributed by atoms with Crippen LogP contribution in [0.15, 0.2) is 59.6 Å². The number of likely N-dealkylation sites (tertiary alicyclic amines) is 1. The van der Waals surface area contributed by atoms with E-state index in [-0.39, 0.29) is 6.04 Å². The number of hydrogen-bond acceptors (Lipinski definition) is 2. The Labute approximate surface area is 139 Å². The fourth-order valence-electron chi connectivity index (χ4n) is 2.87. The first-order valence-electron chi connectivity index (χ1n) is 7.97. The standard InChI is InChI=1S/C19H19F3N2/c20-19(21,22)17-8-6-15(7-9-17)12-23-18-10-11-24(14-18)13-16-4-2-1-3-5-16/h1-9,12,18H,10-11,13-14H2. The molecule has 0 spiro atoms. The van der Waals surface area contributed by atoms with Gasteiger partial charge in [0.05, 0.1) is 11.6 Å². The molecule has 5 heteroatoms. The summed E-state index contributed by atoms with van der Waals surface area (Å²) in [6.45, 7) is 2.78. The highest BCUT2D eigenvalue weighted by Crippen LogP contribution is 2.28. The fourth-order valence-corrected chi connectivity index (χ4v) is 2.87. The molecule has 3 rings (SSSR count). The summed E-state index contributed by atoms with van der Waals surface area (Å²) >= 11 is 0. The minimum Gasteiger partial charge on any atom is -0.297 e. The Morgan fingerprint density at radius 3 is 2.42 bits per heavy atom. The Balaban J connectivity index is 1.54. The molecular weight excluding hydrogens is 313 g/mol. The molecule has 0 amide bonds. The summed E-state index contributed by atoms with van der Waals surface area (Å²) in [5.74, 6) is 0. The Morgan fingerprint density at radius 1 is 1.04 bits per heavy atom. The molecule has 24 heavy (non-hydrogen) atoms. The normalized spacial score (nSPS) is 19.2.